The van der Waals surface area contributed by atoms with Crippen LogP contribution in [0.5, 0.6) is 5.75 Å². The molecule has 0 spiro atoms. The van der Waals surface area contributed by atoms with Crippen molar-refractivity contribution in [3.8, 4) is 5.75 Å². The van der Waals surface area contributed by atoms with Gasteiger partial charge in [-0.1, -0.05) is 25.0 Å². The second-order valence-electron chi connectivity index (χ2n) is 4.83. The summed E-state index contributed by atoms with van der Waals surface area (Å²) in [6.45, 7) is 0. The van der Waals surface area contributed by atoms with E-state index >= 15 is 0 Å². The van der Waals surface area contributed by atoms with Gasteiger partial charge in [-0.25, -0.2) is 13.1 Å². The van der Waals surface area contributed by atoms with E-state index in [0.29, 0.717) is 5.75 Å². The molecule has 3 N–H and O–H groups in total. The summed E-state index contributed by atoms with van der Waals surface area (Å²) in [6.07, 6.45) is 3.72. The Morgan fingerprint density at radius 2 is 1.95 bits per heavy atom. The van der Waals surface area contributed by atoms with E-state index in [1.54, 1.807) is 18.2 Å². The molecule has 1 aromatic carbocycles. The number of methoxy groups -OCH3 is 1. The number of hydrogen-bond donors (Lipinski definition) is 2. The maximum atomic E-state index is 12.4. The highest BCUT2D eigenvalue weighted by atomic mass is 32.2. The third-order valence-electron chi connectivity index (χ3n) is 3.48. The van der Waals surface area contributed by atoms with E-state index < -0.39 is 10.0 Å². The predicted molar refractivity (Wildman–Crippen MR) is 73.5 cm³/mol. The Morgan fingerprint density at radius 3 is 2.63 bits per heavy atom. The number of nitrogens with two attached hydrogens (primary N) is 1. The van der Waals surface area contributed by atoms with Crippen molar-refractivity contribution in [2.45, 2.75) is 42.7 Å². The van der Waals surface area contributed by atoms with E-state index in [0.717, 1.165) is 25.7 Å². The van der Waals surface area contributed by atoms with Gasteiger partial charge in [-0.15, -0.1) is 0 Å². The first-order chi connectivity index (χ1) is 9.04. The van der Waals surface area contributed by atoms with Crippen LogP contribution in [0.4, 0.5) is 0 Å². The fraction of sp³-hybridized carbons (Fsp3) is 0.538. The summed E-state index contributed by atoms with van der Waals surface area (Å²) in [6, 6.07) is 6.29. The average Bonchev–Trinajstić information content (AvgIpc) is 2.41. The summed E-state index contributed by atoms with van der Waals surface area (Å²) >= 11 is 0. The Labute approximate surface area is 114 Å². The van der Waals surface area contributed by atoms with E-state index in [-0.39, 0.29) is 17.0 Å². The van der Waals surface area contributed by atoms with Crippen LogP contribution in [0, 0.1) is 0 Å². The molecule has 0 bridgehead atoms. The lowest BCUT2D eigenvalue weighted by atomic mass is 9.92. The fourth-order valence-corrected chi connectivity index (χ4v) is 3.90. The molecule has 19 heavy (non-hydrogen) atoms. The second kappa shape index (κ2) is 5.90. The first-order valence-electron chi connectivity index (χ1n) is 6.45. The summed E-state index contributed by atoms with van der Waals surface area (Å²) in [5, 5.41) is 0. The fourth-order valence-electron chi connectivity index (χ4n) is 2.41. The maximum absolute atomic E-state index is 12.4. The minimum Gasteiger partial charge on any atom is -0.495 e. The van der Waals surface area contributed by atoms with Crippen LogP contribution in [0.3, 0.4) is 0 Å². The molecule has 0 aromatic heterocycles. The highest BCUT2D eigenvalue weighted by Gasteiger charge is 2.28. The largest absolute Gasteiger partial charge is 0.495 e. The van der Waals surface area contributed by atoms with E-state index in [9.17, 15) is 8.42 Å². The number of sulfonamides is 1. The molecule has 5 nitrogen and oxygen atoms in total. The molecular formula is C13H20N2O3S. The van der Waals surface area contributed by atoms with Gasteiger partial charge in [-0.05, 0) is 25.0 Å². The Bertz CT molecular complexity index is 530. The van der Waals surface area contributed by atoms with Gasteiger partial charge in [0.2, 0.25) is 10.0 Å². The molecule has 1 aromatic rings. The van der Waals surface area contributed by atoms with Crippen molar-refractivity contribution in [1.82, 2.24) is 4.72 Å². The molecule has 0 aliphatic heterocycles. The van der Waals surface area contributed by atoms with Gasteiger partial charge in [0.15, 0.2) is 0 Å². The van der Waals surface area contributed by atoms with Crippen molar-refractivity contribution in [3.63, 3.8) is 0 Å². The van der Waals surface area contributed by atoms with Crippen molar-refractivity contribution >= 4 is 10.0 Å². The van der Waals surface area contributed by atoms with Gasteiger partial charge >= 0.3 is 0 Å². The van der Waals surface area contributed by atoms with Crippen LogP contribution in [0.1, 0.15) is 25.7 Å². The molecule has 2 rings (SSSR count). The smallest absolute Gasteiger partial charge is 0.244 e. The number of nitrogens with one attached hydrogen (secondary N) is 1. The highest BCUT2D eigenvalue weighted by molar-refractivity contribution is 7.89. The second-order valence-corrected chi connectivity index (χ2v) is 6.51. The number of para-hydroxylation sites is 1. The van der Waals surface area contributed by atoms with Gasteiger partial charge in [0.1, 0.15) is 10.6 Å². The van der Waals surface area contributed by atoms with E-state index in [4.69, 9.17) is 10.5 Å². The van der Waals surface area contributed by atoms with Crippen LogP contribution in [-0.2, 0) is 10.0 Å². The summed E-state index contributed by atoms with van der Waals surface area (Å²) < 4.78 is 32.6. The molecule has 1 aliphatic rings. The minimum atomic E-state index is -3.59. The lowest BCUT2D eigenvalue weighted by molar-refractivity contribution is 0.359. The molecule has 106 valence electrons. The predicted octanol–water partition coefficient (Wildman–Crippen LogP) is 1.24. The van der Waals surface area contributed by atoms with Gasteiger partial charge in [-0.2, -0.15) is 0 Å². The zero-order valence-electron chi connectivity index (χ0n) is 11.0. The lowest BCUT2D eigenvalue weighted by Crippen LogP contribution is -2.49. The van der Waals surface area contributed by atoms with Crippen LogP contribution in [-0.4, -0.2) is 27.6 Å². The van der Waals surface area contributed by atoms with Crippen LogP contribution in [0.15, 0.2) is 29.2 Å². The molecule has 1 saturated carbocycles. The summed E-state index contributed by atoms with van der Waals surface area (Å²) in [5.41, 5.74) is 5.98. The Balaban J connectivity index is 2.22. The molecule has 2 atom stereocenters. The molecule has 2 unspecified atom stereocenters. The SMILES string of the molecule is COc1ccccc1S(=O)(=O)NC1CCCCC1N. The molecular weight excluding hydrogens is 264 g/mol. The summed E-state index contributed by atoms with van der Waals surface area (Å²) in [4.78, 5) is 0.162. The molecule has 1 aliphatic carbocycles. The number of rotatable bonds is 4. The molecule has 0 heterocycles. The molecule has 6 heteroatoms. The van der Waals surface area contributed by atoms with Crippen LogP contribution in [0.25, 0.3) is 0 Å². The molecule has 0 saturated heterocycles. The van der Waals surface area contributed by atoms with Crippen LogP contribution < -0.4 is 15.2 Å². The van der Waals surface area contributed by atoms with Crippen molar-refractivity contribution in [3.05, 3.63) is 24.3 Å². The maximum Gasteiger partial charge on any atom is 0.244 e. The first kappa shape index (κ1) is 14.3. The third-order valence-corrected chi connectivity index (χ3v) is 5.01. The number of ether oxygens (including phenoxy) is 1. The van der Waals surface area contributed by atoms with E-state index in [2.05, 4.69) is 4.72 Å². The Morgan fingerprint density at radius 1 is 1.26 bits per heavy atom. The molecule has 0 radical (unpaired) electrons. The van der Waals surface area contributed by atoms with Crippen LogP contribution in [0.2, 0.25) is 0 Å². The van der Waals surface area contributed by atoms with Crippen molar-refractivity contribution in [2.75, 3.05) is 7.11 Å². The number of hydrogen-bond acceptors (Lipinski definition) is 4. The van der Waals surface area contributed by atoms with Gasteiger partial charge < -0.3 is 10.5 Å². The van der Waals surface area contributed by atoms with Gasteiger partial charge in [0.05, 0.1) is 7.11 Å². The number of benzene rings is 1. The highest BCUT2D eigenvalue weighted by Crippen LogP contribution is 2.25. The minimum absolute atomic E-state index is 0.113. The van der Waals surface area contributed by atoms with E-state index in [1.165, 1.54) is 13.2 Å². The Hall–Kier alpha value is -1.11. The van der Waals surface area contributed by atoms with Gasteiger partial charge in [0, 0.05) is 12.1 Å². The zero-order chi connectivity index (χ0) is 13.9. The monoisotopic (exact) mass is 284 g/mol. The molecule has 1 fully saturated rings. The Kier molecular flexibility index (Phi) is 4.44. The van der Waals surface area contributed by atoms with Crippen LogP contribution >= 0.6 is 0 Å². The zero-order valence-corrected chi connectivity index (χ0v) is 11.8. The standard InChI is InChI=1S/C13H20N2O3S/c1-18-12-8-4-5-9-13(12)19(16,17)15-11-7-3-2-6-10(11)14/h4-5,8-11,15H,2-3,6-7,14H2,1H3. The van der Waals surface area contributed by atoms with Crippen molar-refractivity contribution in [2.24, 2.45) is 5.73 Å². The average molecular weight is 284 g/mol. The van der Waals surface area contributed by atoms with Crippen molar-refractivity contribution in [1.29, 1.82) is 0 Å². The first-order valence-corrected chi connectivity index (χ1v) is 7.94. The summed E-state index contributed by atoms with van der Waals surface area (Å²) in [7, 11) is -2.13. The third kappa shape index (κ3) is 3.26. The topological polar surface area (TPSA) is 81.4 Å². The van der Waals surface area contributed by atoms with Crippen molar-refractivity contribution < 1.29 is 13.2 Å². The quantitative estimate of drug-likeness (QED) is 0.871. The van der Waals surface area contributed by atoms with Gasteiger partial charge in [-0.3, -0.25) is 0 Å². The normalized spacial score (nSPS) is 24.1. The van der Waals surface area contributed by atoms with Gasteiger partial charge in [0.25, 0.3) is 0 Å². The van der Waals surface area contributed by atoms with E-state index in [1.807, 2.05) is 0 Å². The lowest BCUT2D eigenvalue weighted by Gasteiger charge is -2.29. The summed E-state index contributed by atoms with van der Waals surface area (Å²) in [5.74, 6) is 0.347. The molecule has 0 amide bonds.